The summed E-state index contributed by atoms with van der Waals surface area (Å²) in [7, 11) is 0. The van der Waals surface area contributed by atoms with E-state index in [2.05, 4.69) is 320 Å². The average Bonchev–Trinajstić information content (AvgIpc) is 1.61. The molecular formula is C82H98N6. The Morgan fingerprint density at radius 2 is 0.489 bits per heavy atom. The van der Waals surface area contributed by atoms with Crippen molar-refractivity contribution in [1.82, 2.24) is 19.9 Å². The molecule has 11 rings (SSSR count). The van der Waals surface area contributed by atoms with E-state index in [0.717, 1.165) is 112 Å². The number of fused-ring (bicyclic) bond motifs is 11. The smallest absolute Gasteiger partial charge is 0.0994 e. The van der Waals surface area contributed by atoms with E-state index in [1.807, 2.05) is 0 Å². The molecule has 0 saturated heterocycles. The zero-order chi connectivity index (χ0) is 64.0. The van der Waals surface area contributed by atoms with Crippen LogP contribution in [0.15, 0.2) is 121 Å². The number of anilines is 2. The van der Waals surface area contributed by atoms with Gasteiger partial charge in [-0.05, 0) is 159 Å². The van der Waals surface area contributed by atoms with Crippen LogP contribution in [0.4, 0.5) is 11.4 Å². The van der Waals surface area contributed by atoms with Crippen molar-refractivity contribution in [2.24, 2.45) is 0 Å². The number of nitrogens with zero attached hydrogens (tertiary/aromatic N) is 2. The second-order valence-electron chi connectivity index (χ2n) is 33.8. The van der Waals surface area contributed by atoms with Gasteiger partial charge in [0.05, 0.1) is 45.5 Å². The fourth-order valence-electron chi connectivity index (χ4n) is 12.3. The van der Waals surface area contributed by atoms with Gasteiger partial charge in [-0.25, -0.2) is 9.97 Å². The number of hydrogen-bond acceptors (Lipinski definition) is 4. The SMILES string of the molecule is CC(C)(C)c1cc(-c2c3nc(c(-c4cc(C(C)(C)C)cc(C(C)(C)C)c4)c4ccc([nH]4)c(-c4cc(C(C)(C)C)cc(C(C)(C)C)c4)c4nc(c(-c5cc(C(C)(C)C)cc(C(C)(C)C)c5)c5ccc2[nH]5)C2=C4Nc4ccccc4N2)C=C3)cc(C(C)(C)C)c1. The summed E-state index contributed by atoms with van der Waals surface area (Å²) in [5, 5.41) is 8.13. The summed E-state index contributed by atoms with van der Waals surface area (Å²) in [6, 6.07) is 46.8. The predicted molar refractivity (Wildman–Crippen MR) is 382 cm³/mol. The van der Waals surface area contributed by atoms with E-state index in [1.165, 1.54) is 44.5 Å². The van der Waals surface area contributed by atoms with Gasteiger partial charge >= 0.3 is 0 Å². The first kappa shape index (κ1) is 61.9. The average molecular weight is 1170 g/mol. The summed E-state index contributed by atoms with van der Waals surface area (Å²) in [6.45, 7) is 55.9. The molecule has 456 valence electrons. The highest BCUT2D eigenvalue weighted by Crippen LogP contribution is 2.50. The molecule has 88 heavy (non-hydrogen) atoms. The molecule has 3 aliphatic rings. The zero-order valence-electron chi connectivity index (χ0n) is 57.6. The molecule has 0 radical (unpaired) electrons. The molecule has 0 amide bonds. The molecule has 6 heteroatoms. The van der Waals surface area contributed by atoms with E-state index in [4.69, 9.17) is 9.97 Å². The van der Waals surface area contributed by atoms with Gasteiger partial charge in [0.15, 0.2) is 0 Å². The number of benzene rings is 5. The van der Waals surface area contributed by atoms with E-state index < -0.39 is 0 Å². The van der Waals surface area contributed by atoms with Gasteiger partial charge < -0.3 is 20.6 Å². The number of para-hydroxylation sites is 2. The van der Waals surface area contributed by atoms with Gasteiger partial charge in [0.25, 0.3) is 0 Å². The number of H-pyrrole nitrogens is 2. The molecule has 5 aromatic carbocycles. The molecule has 3 aliphatic heterocycles. The monoisotopic (exact) mass is 1170 g/mol. The first-order chi connectivity index (χ1) is 40.6. The Morgan fingerprint density at radius 3 is 0.727 bits per heavy atom. The zero-order valence-corrected chi connectivity index (χ0v) is 57.6. The lowest BCUT2D eigenvalue weighted by molar-refractivity contribution is 0.568. The van der Waals surface area contributed by atoms with Gasteiger partial charge in [0, 0.05) is 44.3 Å². The van der Waals surface area contributed by atoms with Gasteiger partial charge in [-0.3, -0.25) is 0 Å². The van der Waals surface area contributed by atoms with Gasteiger partial charge in [0.1, 0.15) is 0 Å². The van der Waals surface area contributed by atoms with Crippen LogP contribution in [0.2, 0.25) is 0 Å². The van der Waals surface area contributed by atoms with Gasteiger partial charge in [-0.1, -0.05) is 251 Å². The number of aromatic nitrogens is 4. The highest BCUT2D eigenvalue weighted by atomic mass is 15.1. The molecule has 0 atom stereocenters. The summed E-state index contributed by atoms with van der Waals surface area (Å²) >= 11 is 0. The highest BCUT2D eigenvalue weighted by Gasteiger charge is 2.35. The first-order valence-electron chi connectivity index (χ1n) is 32.1. The third kappa shape index (κ3) is 11.9. The molecule has 6 heterocycles. The highest BCUT2D eigenvalue weighted by molar-refractivity contribution is 6.13. The Morgan fingerprint density at radius 1 is 0.261 bits per heavy atom. The third-order valence-electron chi connectivity index (χ3n) is 18.3. The Hall–Kier alpha value is -7.70. The summed E-state index contributed by atoms with van der Waals surface area (Å²) < 4.78 is 0. The van der Waals surface area contributed by atoms with E-state index in [9.17, 15) is 0 Å². The predicted octanol–water partition coefficient (Wildman–Crippen LogP) is 22.9. The molecule has 0 aliphatic carbocycles. The molecule has 0 saturated carbocycles. The molecule has 8 bridgehead atoms. The van der Waals surface area contributed by atoms with Crippen LogP contribution < -0.4 is 10.6 Å². The van der Waals surface area contributed by atoms with Gasteiger partial charge in [-0.2, -0.15) is 0 Å². The van der Waals surface area contributed by atoms with Crippen LogP contribution in [0.3, 0.4) is 0 Å². The van der Waals surface area contributed by atoms with Crippen molar-refractivity contribution in [2.75, 3.05) is 10.6 Å². The lowest BCUT2D eigenvalue weighted by atomic mass is 9.78. The van der Waals surface area contributed by atoms with E-state index in [0.29, 0.717) is 0 Å². The van der Waals surface area contributed by atoms with Crippen LogP contribution in [-0.2, 0) is 43.3 Å². The molecule has 6 nitrogen and oxygen atoms in total. The van der Waals surface area contributed by atoms with Crippen LogP contribution in [0, 0.1) is 0 Å². The number of aromatic amines is 2. The van der Waals surface area contributed by atoms with E-state index in [-0.39, 0.29) is 43.3 Å². The van der Waals surface area contributed by atoms with Crippen LogP contribution in [0.25, 0.3) is 90.1 Å². The van der Waals surface area contributed by atoms with Crippen molar-refractivity contribution in [3.05, 3.63) is 189 Å². The third-order valence-corrected chi connectivity index (χ3v) is 18.3. The number of rotatable bonds is 4. The van der Waals surface area contributed by atoms with Crippen LogP contribution in [0.5, 0.6) is 0 Å². The van der Waals surface area contributed by atoms with Crippen LogP contribution in [-0.4, -0.2) is 19.9 Å². The first-order valence-corrected chi connectivity index (χ1v) is 32.1. The maximum atomic E-state index is 6.21. The van der Waals surface area contributed by atoms with Crippen LogP contribution >= 0.6 is 0 Å². The minimum absolute atomic E-state index is 0.128. The largest absolute Gasteiger partial charge is 0.354 e. The number of nitrogens with one attached hydrogen (secondary N) is 4. The van der Waals surface area contributed by atoms with Crippen molar-refractivity contribution >= 4 is 57.0 Å². The maximum absolute atomic E-state index is 6.21. The second-order valence-corrected chi connectivity index (χ2v) is 33.8. The van der Waals surface area contributed by atoms with E-state index in [1.54, 1.807) is 0 Å². The molecule has 3 aromatic heterocycles. The van der Waals surface area contributed by atoms with Crippen molar-refractivity contribution in [3.8, 4) is 44.5 Å². The van der Waals surface area contributed by atoms with Gasteiger partial charge in [0.2, 0.25) is 0 Å². The quantitative estimate of drug-likeness (QED) is 0.142. The minimum atomic E-state index is -0.156. The second kappa shape index (κ2) is 21.0. The Bertz CT molecular complexity index is 3970. The lowest BCUT2D eigenvalue weighted by Gasteiger charge is -2.27. The van der Waals surface area contributed by atoms with Crippen molar-refractivity contribution in [3.63, 3.8) is 0 Å². The molecule has 0 spiro atoms. The van der Waals surface area contributed by atoms with Crippen molar-refractivity contribution < 1.29 is 0 Å². The van der Waals surface area contributed by atoms with Crippen LogP contribution in [0.1, 0.15) is 233 Å². The maximum Gasteiger partial charge on any atom is 0.0994 e. The van der Waals surface area contributed by atoms with E-state index >= 15 is 0 Å². The standard InChI is InChI=1S/C82H98N6/c1-75(2,3)51-35-47(36-52(43-51)76(4,5)6)67-61-29-30-62(83-61)68(48-37-53(77(7,8)9)44-54(38-48)78(10,11)12)64-32-34-66(85-64)70(50-41-57(81(19,20)21)46-58(42-50)82(22,23)24)72-74-73(86-59-27-25-26-28-60(59)87-74)71(88-72)69(65-33-31-63(67)84-65)49-39-55(79(13,14)15)45-56(40-49)80(16,17)18/h25-46,84-87H,1-24H3. The topological polar surface area (TPSA) is 81.4 Å². The normalized spacial score (nSPS) is 14.2. The number of hydrogen-bond donors (Lipinski definition) is 4. The molecule has 0 unspecified atom stereocenters. The van der Waals surface area contributed by atoms with Crippen molar-refractivity contribution in [1.29, 1.82) is 0 Å². The molecule has 8 aromatic rings. The van der Waals surface area contributed by atoms with Gasteiger partial charge in [-0.15, -0.1) is 0 Å². The molecule has 4 N–H and O–H groups in total. The summed E-state index contributed by atoms with van der Waals surface area (Å²) in [5.41, 5.74) is 28.8. The minimum Gasteiger partial charge on any atom is -0.354 e. The molecular weight excluding hydrogens is 1070 g/mol. The summed E-state index contributed by atoms with van der Waals surface area (Å²) in [5.74, 6) is 0. The molecule has 0 fully saturated rings. The fraction of sp³-hybridized carbons (Fsp3) is 0.390. The fourth-order valence-corrected chi connectivity index (χ4v) is 12.3. The Labute approximate surface area is 527 Å². The summed E-state index contributed by atoms with van der Waals surface area (Å²) in [6.07, 6.45) is 4.52. The Kier molecular flexibility index (Phi) is 14.8. The van der Waals surface area contributed by atoms with Crippen molar-refractivity contribution in [2.45, 2.75) is 209 Å². The Balaban J connectivity index is 1.44. The summed E-state index contributed by atoms with van der Waals surface area (Å²) in [4.78, 5) is 20.6. The lowest BCUT2D eigenvalue weighted by Crippen LogP contribution is -2.17.